The van der Waals surface area contributed by atoms with Gasteiger partial charge in [-0.3, -0.25) is 0 Å². The minimum Gasteiger partial charge on any atom is -0.419 e. The van der Waals surface area contributed by atoms with Crippen molar-refractivity contribution in [2.75, 3.05) is 0 Å². The van der Waals surface area contributed by atoms with E-state index < -0.39 is 29.5 Å². The number of nitrogens with zero attached hydrogens (tertiary/aromatic N) is 4. The second kappa shape index (κ2) is 7.68. The molecule has 0 spiro atoms. The number of benzene rings is 1. The smallest absolute Gasteiger partial charge is 0.419 e. The molecule has 0 saturated heterocycles. The van der Waals surface area contributed by atoms with Gasteiger partial charge in [-0.2, -0.15) is 31.3 Å². The molecule has 0 bridgehead atoms. The lowest BCUT2D eigenvalue weighted by Gasteiger charge is -2.08. The summed E-state index contributed by atoms with van der Waals surface area (Å²) in [6.45, 7) is 4.78. The topological polar surface area (TPSA) is 52.8 Å². The Balaban J connectivity index is 1.94. The van der Waals surface area contributed by atoms with Gasteiger partial charge in [-0.25, -0.2) is 9.67 Å². The zero-order chi connectivity index (χ0) is 22.1. The molecule has 0 aliphatic heterocycles. The maximum atomic E-state index is 13.1. The molecule has 0 atom stereocenters. The quantitative estimate of drug-likeness (QED) is 0.395. The Hall–Kier alpha value is -3.59. The van der Waals surface area contributed by atoms with Crippen molar-refractivity contribution in [2.45, 2.75) is 19.3 Å². The summed E-state index contributed by atoms with van der Waals surface area (Å²) in [5.41, 5.74) is 0.903. The van der Waals surface area contributed by atoms with E-state index in [-0.39, 0.29) is 17.3 Å². The molecule has 3 aromatic rings. The summed E-state index contributed by atoms with van der Waals surface area (Å²) < 4.78 is 83.3. The van der Waals surface area contributed by atoms with Crippen LogP contribution in [0.25, 0.3) is 17.6 Å². The van der Waals surface area contributed by atoms with E-state index in [1.54, 1.807) is 6.92 Å². The monoisotopic (exact) mass is 426 g/mol. The average molecular weight is 426 g/mol. The van der Waals surface area contributed by atoms with Crippen molar-refractivity contribution in [3.63, 3.8) is 0 Å². The van der Waals surface area contributed by atoms with Crippen molar-refractivity contribution in [3.05, 3.63) is 65.7 Å². The fourth-order valence-corrected chi connectivity index (χ4v) is 2.45. The van der Waals surface area contributed by atoms with E-state index in [1.807, 2.05) is 0 Å². The summed E-state index contributed by atoms with van der Waals surface area (Å²) in [6.07, 6.45) is -8.31. The molecule has 1 aromatic carbocycles. The molecule has 2 aromatic heterocycles. The SMILES string of the molecule is C=C=Cn1nc(Oc2cc(C)nc(-c3ccc(C(F)(F)F)cc3)n2)cc1C(F)(F)F. The summed E-state index contributed by atoms with van der Waals surface area (Å²) in [4.78, 5) is 8.18. The van der Waals surface area contributed by atoms with Gasteiger partial charge in [0.05, 0.1) is 11.8 Å². The van der Waals surface area contributed by atoms with Crippen LogP contribution in [-0.2, 0) is 12.4 Å². The number of halogens is 6. The lowest BCUT2D eigenvalue weighted by Crippen LogP contribution is -2.10. The number of rotatable bonds is 4. The van der Waals surface area contributed by atoms with Gasteiger partial charge in [0.25, 0.3) is 0 Å². The van der Waals surface area contributed by atoms with E-state index in [4.69, 9.17) is 4.74 Å². The van der Waals surface area contributed by atoms with Crippen LogP contribution in [0.4, 0.5) is 26.3 Å². The van der Waals surface area contributed by atoms with Crippen molar-refractivity contribution in [1.29, 1.82) is 0 Å². The maximum Gasteiger partial charge on any atom is 0.433 e. The highest BCUT2D eigenvalue weighted by atomic mass is 19.4. The highest BCUT2D eigenvalue weighted by Gasteiger charge is 2.36. The van der Waals surface area contributed by atoms with Crippen molar-refractivity contribution >= 4 is 6.20 Å². The van der Waals surface area contributed by atoms with Gasteiger partial charge >= 0.3 is 12.4 Å². The van der Waals surface area contributed by atoms with Gasteiger partial charge in [0.2, 0.25) is 11.8 Å². The Morgan fingerprint density at radius 2 is 1.63 bits per heavy atom. The van der Waals surface area contributed by atoms with Gasteiger partial charge in [-0.15, -0.1) is 10.8 Å². The summed E-state index contributed by atoms with van der Waals surface area (Å²) in [6, 6.07) is 6.15. The molecule has 3 rings (SSSR count). The summed E-state index contributed by atoms with van der Waals surface area (Å²) in [5, 5.41) is 3.66. The molecule has 11 heteroatoms. The fourth-order valence-electron chi connectivity index (χ4n) is 2.45. The van der Waals surface area contributed by atoms with Crippen LogP contribution in [0.1, 0.15) is 17.0 Å². The van der Waals surface area contributed by atoms with Crippen molar-refractivity contribution in [2.24, 2.45) is 0 Å². The molecular formula is C19H12F6N4O. The number of ether oxygens (including phenoxy) is 1. The minimum absolute atomic E-state index is 0.0418. The van der Waals surface area contributed by atoms with Crippen LogP contribution in [-0.4, -0.2) is 19.7 Å². The van der Waals surface area contributed by atoms with E-state index >= 15 is 0 Å². The molecule has 30 heavy (non-hydrogen) atoms. The largest absolute Gasteiger partial charge is 0.433 e. The maximum absolute atomic E-state index is 13.1. The first kappa shape index (κ1) is 21.1. The molecule has 0 fully saturated rings. The van der Waals surface area contributed by atoms with E-state index in [0.29, 0.717) is 16.4 Å². The van der Waals surface area contributed by atoms with Crippen LogP contribution in [0, 0.1) is 6.92 Å². The number of hydrogen-bond donors (Lipinski definition) is 0. The van der Waals surface area contributed by atoms with E-state index in [9.17, 15) is 26.3 Å². The van der Waals surface area contributed by atoms with Crippen molar-refractivity contribution in [1.82, 2.24) is 19.7 Å². The molecule has 0 amide bonds. The molecule has 0 unspecified atom stereocenters. The first-order valence-electron chi connectivity index (χ1n) is 8.21. The zero-order valence-electron chi connectivity index (χ0n) is 15.2. The third-order valence-electron chi connectivity index (χ3n) is 3.73. The first-order chi connectivity index (χ1) is 14.0. The number of aromatic nitrogens is 4. The van der Waals surface area contributed by atoms with Crippen molar-refractivity contribution < 1.29 is 31.1 Å². The molecule has 156 valence electrons. The van der Waals surface area contributed by atoms with Crippen LogP contribution >= 0.6 is 0 Å². The third kappa shape index (κ3) is 4.69. The van der Waals surface area contributed by atoms with E-state index in [1.165, 1.54) is 18.2 Å². The fraction of sp³-hybridized carbons (Fsp3) is 0.158. The second-order valence-electron chi connectivity index (χ2n) is 5.99. The minimum atomic E-state index is -4.70. The lowest BCUT2D eigenvalue weighted by atomic mass is 10.1. The van der Waals surface area contributed by atoms with Gasteiger partial charge in [-0.05, 0) is 19.1 Å². The van der Waals surface area contributed by atoms with E-state index in [0.717, 1.165) is 18.3 Å². The molecule has 0 radical (unpaired) electrons. The average Bonchev–Trinajstić information content (AvgIpc) is 3.04. The molecule has 0 N–H and O–H groups in total. The van der Waals surface area contributed by atoms with Crippen LogP contribution in [0.15, 0.2) is 48.7 Å². The Morgan fingerprint density at radius 1 is 0.967 bits per heavy atom. The zero-order valence-corrected chi connectivity index (χ0v) is 15.2. The molecule has 2 heterocycles. The summed E-state index contributed by atoms with van der Waals surface area (Å²) in [5.74, 6) is -0.483. The van der Waals surface area contributed by atoms with Crippen LogP contribution in [0.3, 0.4) is 0 Å². The van der Waals surface area contributed by atoms with E-state index in [2.05, 4.69) is 27.4 Å². The summed E-state index contributed by atoms with van der Waals surface area (Å²) >= 11 is 0. The standard InChI is InChI=1S/C19H12F6N4O/c1-3-8-29-14(19(23,24)25)10-16(28-29)30-15-9-11(2)26-17(27-15)12-4-6-13(7-5-12)18(20,21)22/h4-10H,1H2,2H3. The molecule has 0 aliphatic carbocycles. The number of aryl methyl sites for hydroxylation is 1. The normalized spacial score (nSPS) is 11.8. The molecule has 5 nitrogen and oxygen atoms in total. The van der Waals surface area contributed by atoms with Crippen molar-refractivity contribution in [3.8, 4) is 23.1 Å². The van der Waals surface area contributed by atoms with Gasteiger partial charge in [0.15, 0.2) is 11.5 Å². The summed E-state index contributed by atoms with van der Waals surface area (Å²) in [7, 11) is 0. The van der Waals surface area contributed by atoms with Crippen LogP contribution in [0.2, 0.25) is 0 Å². The second-order valence-corrected chi connectivity index (χ2v) is 5.99. The predicted molar refractivity (Wildman–Crippen MR) is 94.4 cm³/mol. The Kier molecular flexibility index (Phi) is 5.41. The molecular weight excluding hydrogens is 414 g/mol. The van der Waals surface area contributed by atoms with Crippen LogP contribution < -0.4 is 4.74 Å². The van der Waals surface area contributed by atoms with Gasteiger partial charge < -0.3 is 4.74 Å². The highest BCUT2D eigenvalue weighted by Crippen LogP contribution is 2.34. The van der Waals surface area contributed by atoms with Gasteiger partial charge in [-0.1, -0.05) is 18.7 Å². The Bertz CT molecular complexity index is 1110. The molecule has 0 aliphatic rings. The Morgan fingerprint density at radius 3 is 2.20 bits per heavy atom. The van der Waals surface area contributed by atoms with Crippen LogP contribution in [0.5, 0.6) is 11.8 Å². The number of alkyl halides is 6. The van der Waals surface area contributed by atoms with Gasteiger partial charge in [0, 0.05) is 23.4 Å². The van der Waals surface area contributed by atoms with Gasteiger partial charge in [0.1, 0.15) is 0 Å². The third-order valence-corrected chi connectivity index (χ3v) is 3.73. The highest BCUT2D eigenvalue weighted by molar-refractivity contribution is 5.56. The Labute approximate surface area is 166 Å². The first-order valence-corrected chi connectivity index (χ1v) is 8.21. The lowest BCUT2D eigenvalue weighted by molar-refractivity contribution is -0.142. The number of hydrogen-bond acceptors (Lipinski definition) is 4. The molecule has 0 saturated carbocycles. The predicted octanol–water partition coefficient (Wildman–Crippen LogP) is 5.73.